The maximum atomic E-state index is 13.5. The molecule has 0 radical (unpaired) electrons. The zero-order valence-corrected chi connectivity index (χ0v) is 19.6. The summed E-state index contributed by atoms with van der Waals surface area (Å²) in [5.41, 5.74) is 0.824. The van der Waals surface area contributed by atoms with Crippen LogP contribution in [-0.4, -0.2) is 40.7 Å². The zero-order chi connectivity index (χ0) is 25.1. The molecule has 2 aliphatic heterocycles. The van der Waals surface area contributed by atoms with Crippen molar-refractivity contribution in [3.05, 3.63) is 99.2 Å². The van der Waals surface area contributed by atoms with Gasteiger partial charge in [0, 0.05) is 25.9 Å². The summed E-state index contributed by atoms with van der Waals surface area (Å²) < 4.78 is 26.6. The molecule has 1 atom stereocenters. The summed E-state index contributed by atoms with van der Waals surface area (Å²) in [5.74, 6) is -1.49. The van der Waals surface area contributed by atoms with Crippen molar-refractivity contribution >= 4 is 11.8 Å². The van der Waals surface area contributed by atoms with Gasteiger partial charge in [0.05, 0.1) is 6.54 Å². The van der Waals surface area contributed by atoms with Gasteiger partial charge in [-0.05, 0) is 36.1 Å². The molecule has 0 spiro atoms. The Bertz CT molecular complexity index is 1320. The number of fused-ring (bicyclic) bond motifs is 2. The molecule has 2 amide bonds. The maximum Gasteiger partial charge on any atom is 0.276 e. The standard InChI is InChI=1S/C27H26FN3O5/c28-20-10-8-18(9-11-20)14-29-26(33)21-15-30-16-22-31(12-4-5-13-35-22)27(34)23(30)25(24(21)32)36-17-19-6-2-1-3-7-19/h1-3,6-11,15,22H,4-5,12-14,16-17H2,(H,29,33). The van der Waals surface area contributed by atoms with Gasteiger partial charge in [-0.2, -0.15) is 0 Å². The lowest BCUT2D eigenvalue weighted by Crippen LogP contribution is -2.50. The average Bonchev–Trinajstić information content (AvgIpc) is 3.14. The van der Waals surface area contributed by atoms with Gasteiger partial charge in [-0.1, -0.05) is 42.5 Å². The van der Waals surface area contributed by atoms with Crippen LogP contribution in [0, 0.1) is 5.82 Å². The van der Waals surface area contributed by atoms with Gasteiger partial charge in [-0.3, -0.25) is 14.4 Å². The Kier molecular flexibility index (Phi) is 6.81. The first kappa shape index (κ1) is 23.7. The Morgan fingerprint density at radius 2 is 1.83 bits per heavy atom. The number of benzene rings is 2. The Balaban J connectivity index is 1.49. The van der Waals surface area contributed by atoms with Crippen LogP contribution in [0.25, 0.3) is 0 Å². The normalized spacial score (nSPS) is 17.1. The van der Waals surface area contributed by atoms with Crippen molar-refractivity contribution in [2.24, 2.45) is 0 Å². The van der Waals surface area contributed by atoms with E-state index in [0.717, 1.165) is 18.4 Å². The number of aromatic nitrogens is 1. The SMILES string of the molecule is O=C(NCc1ccc(F)cc1)c1cn2c(c(OCc3ccccc3)c1=O)C(=O)N1CCCCOC1C2. The number of hydrogen-bond donors (Lipinski definition) is 1. The Hall–Kier alpha value is -3.98. The van der Waals surface area contributed by atoms with E-state index in [2.05, 4.69) is 5.32 Å². The Morgan fingerprint density at radius 1 is 1.06 bits per heavy atom. The zero-order valence-electron chi connectivity index (χ0n) is 19.6. The molecule has 0 saturated carbocycles. The van der Waals surface area contributed by atoms with Crippen molar-refractivity contribution in [2.45, 2.75) is 38.8 Å². The number of halogens is 1. The summed E-state index contributed by atoms with van der Waals surface area (Å²) in [6.45, 7) is 1.51. The minimum atomic E-state index is -0.656. The van der Waals surface area contributed by atoms with E-state index in [-0.39, 0.29) is 48.4 Å². The summed E-state index contributed by atoms with van der Waals surface area (Å²) in [6, 6.07) is 15.0. The highest BCUT2D eigenvalue weighted by molar-refractivity contribution is 5.99. The summed E-state index contributed by atoms with van der Waals surface area (Å²) in [6.07, 6.45) is 2.56. The van der Waals surface area contributed by atoms with Gasteiger partial charge in [-0.25, -0.2) is 4.39 Å². The lowest BCUT2D eigenvalue weighted by Gasteiger charge is -2.36. The van der Waals surface area contributed by atoms with Crippen LogP contribution in [0.1, 0.15) is 44.8 Å². The first-order valence-corrected chi connectivity index (χ1v) is 11.9. The van der Waals surface area contributed by atoms with E-state index in [4.69, 9.17) is 9.47 Å². The number of hydrogen-bond acceptors (Lipinski definition) is 5. The van der Waals surface area contributed by atoms with Crippen LogP contribution in [0.5, 0.6) is 5.75 Å². The van der Waals surface area contributed by atoms with Crippen molar-refractivity contribution in [2.75, 3.05) is 13.2 Å². The minimum Gasteiger partial charge on any atom is -0.483 e. The molecule has 1 unspecified atom stereocenters. The minimum absolute atomic E-state index is 0.0664. The molecule has 1 saturated heterocycles. The lowest BCUT2D eigenvalue weighted by molar-refractivity contribution is -0.0489. The molecule has 186 valence electrons. The van der Waals surface area contributed by atoms with E-state index in [0.29, 0.717) is 18.7 Å². The molecule has 2 aromatic carbocycles. The number of nitrogens with zero attached hydrogens (tertiary/aromatic N) is 2. The summed E-state index contributed by atoms with van der Waals surface area (Å²) in [7, 11) is 0. The fourth-order valence-electron chi connectivity index (χ4n) is 4.43. The van der Waals surface area contributed by atoms with E-state index in [1.807, 2.05) is 30.3 Å². The van der Waals surface area contributed by atoms with Crippen LogP contribution in [0.15, 0.2) is 65.6 Å². The van der Waals surface area contributed by atoms with E-state index in [9.17, 15) is 18.8 Å². The third-order valence-corrected chi connectivity index (χ3v) is 6.34. The monoisotopic (exact) mass is 491 g/mol. The van der Waals surface area contributed by atoms with Crippen molar-refractivity contribution in [3.8, 4) is 5.75 Å². The topological polar surface area (TPSA) is 89.9 Å². The molecule has 0 bridgehead atoms. The molecule has 3 heterocycles. The van der Waals surface area contributed by atoms with Crippen molar-refractivity contribution in [1.29, 1.82) is 0 Å². The number of carbonyl (C=O) groups excluding carboxylic acids is 2. The van der Waals surface area contributed by atoms with Crippen molar-refractivity contribution < 1.29 is 23.5 Å². The largest absolute Gasteiger partial charge is 0.483 e. The lowest BCUT2D eigenvalue weighted by atomic mass is 10.1. The van der Waals surface area contributed by atoms with Crippen molar-refractivity contribution in [3.63, 3.8) is 0 Å². The molecule has 36 heavy (non-hydrogen) atoms. The molecule has 5 rings (SSSR count). The third-order valence-electron chi connectivity index (χ3n) is 6.34. The number of amides is 2. The van der Waals surface area contributed by atoms with Gasteiger partial charge in [0.2, 0.25) is 5.43 Å². The predicted molar refractivity (Wildman–Crippen MR) is 129 cm³/mol. The fourth-order valence-corrected chi connectivity index (χ4v) is 4.43. The second-order valence-corrected chi connectivity index (χ2v) is 8.82. The molecule has 9 heteroatoms. The quantitative estimate of drug-likeness (QED) is 0.573. The molecule has 1 N–H and O–H groups in total. The summed E-state index contributed by atoms with van der Waals surface area (Å²) >= 11 is 0. The van der Waals surface area contributed by atoms with Gasteiger partial charge >= 0.3 is 0 Å². The van der Waals surface area contributed by atoms with Gasteiger partial charge in [0.15, 0.2) is 17.7 Å². The van der Waals surface area contributed by atoms with E-state index in [1.54, 1.807) is 21.6 Å². The average molecular weight is 492 g/mol. The van der Waals surface area contributed by atoms with Gasteiger partial charge in [0.1, 0.15) is 18.0 Å². The molecule has 1 fully saturated rings. The van der Waals surface area contributed by atoms with Crippen LogP contribution in [0.3, 0.4) is 0 Å². The molecule has 3 aromatic rings. The second-order valence-electron chi connectivity index (χ2n) is 8.82. The van der Waals surface area contributed by atoms with E-state index in [1.165, 1.54) is 18.3 Å². The van der Waals surface area contributed by atoms with Crippen molar-refractivity contribution in [1.82, 2.24) is 14.8 Å². The molecule has 8 nitrogen and oxygen atoms in total. The summed E-state index contributed by atoms with van der Waals surface area (Å²) in [4.78, 5) is 41.7. The Labute approximate surface area is 207 Å². The second kappa shape index (κ2) is 10.3. The first-order valence-electron chi connectivity index (χ1n) is 11.9. The van der Waals surface area contributed by atoms with Gasteiger partial charge < -0.3 is 24.3 Å². The van der Waals surface area contributed by atoms with Gasteiger partial charge in [0.25, 0.3) is 11.8 Å². The highest BCUT2D eigenvalue weighted by Gasteiger charge is 2.38. The molecule has 1 aromatic heterocycles. The molecular formula is C27H26FN3O5. The van der Waals surface area contributed by atoms with E-state index < -0.39 is 17.6 Å². The highest BCUT2D eigenvalue weighted by atomic mass is 19.1. The number of ether oxygens (including phenoxy) is 2. The van der Waals surface area contributed by atoms with Crippen LogP contribution < -0.4 is 15.5 Å². The highest BCUT2D eigenvalue weighted by Crippen LogP contribution is 2.27. The Morgan fingerprint density at radius 3 is 2.61 bits per heavy atom. The van der Waals surface area contributed by atoms with Crippen LogP contribution in [0.2, 0.25) is 0 Å². The third kappa shape index (κ3) is 4.87. The number of nitrogens with one attached hydrogen (secondary N) is 1. The predicted octanol–water partition coefficient (Wildman–Crippen LogP) is 3.09. The van der Waals surface area contributed by atoms with Gasteiger partial charge in [-0.15, -0.1) is 0 Å². The fraction of sp³-hybridized carbons (Fsp3) is 0.296. The number of pyridine rings is 1. The molecule has 2 aliphatic rings. The number of rotatable bonds is 6. The van der Waals surface area contributed by atoms with Crippen LogP contribution >= 0.6 is 0 Å². The smallest absolute Gasteiger partial charge is 0.276 e. The molecule has 0 aliphatic carbocycles. The van der Waals surface area contributed by atoms with Crippen LogP contribution in [0.4, 0.5) is 4.39 Å². The van der Waals surface area contributed by atoms with Crippen LogP contribution in [-0.2, 0) is 24.4 Å². The molecular weight excluding hydrogens is 465 g/mol. The van der Waals surface area contributed by atoms with E-state index >= 15 is 0 Å². The maximum absolute atomic E-state index is 13.5. The first-order chi connectivity index (χ1) is 17.5. The summed E-state index contributed by atoms with van der Waals surface area (Å²) in [5, 5.41) is 2.70. The number of carbonyl (C=O) groups is 2.